The first kappa shape index (κ1) is 20.8. The maximum absolute atomic E-state index is 15.0. The molecule has 0 saturated heterocycles. The number of benzene rings is 3. The van der Waals surface area contributed by atoms with Gasteiger partial charge in [0.05, 0.1) is 5.39 Å². The fourth-order valence-electron chi connectivity index (χ4n) is 4.81. The Morgan fingerprint density at radius 1 is 0.900 bits per heavy atom. The summed E-state index contributed by atoms with van der Waals surface area (Å²) in [5.74, 6) is -1.64. The largest absolute Gasteiger partial charge is 0.505 e. The first-order valence-corrected chi connectivity index (χ1v) is 10.9. The van der Waals surface area contributed by atoms with E-state index in [9.17, 15) is 18.3 Å². The normalized spacial score (nSPS) is 19.3. The summed E-state index contributed by atoms with van der Waals surface area (Å²) < 4.78 is 43.6. The number of phenolic OH excluding ortho intramolecular Hbond substituents is 1. The van der Waals surface area contributed by atoms with E-state index >= 15 is 0 Å². The van der Waals surface area contributed by atoms with Gasteiger partial charge in [0.2, 0.25) is 0 Å². The summed E-state index contributed by atoms with van der Waals surface area (Å²) in [6, 6.07) is 10.5. The van der Waals surface area contributed by atoms with Crippen molar-refractivity contribution in [3.8, 4) is 16.9 Å². The van der Waals surface area contributed by atoms with Crippen molar-refractivity contribution in [2.45, 2.75) is 57.8 Å². The Labute approximate surface area is 175 Å². The molecule has 1 fully saturated rings. The maximum Gasteiger partial charge on any atom is 0.175 e. The summed E-state index contributed by atoms with van der Waals surface area (Å²) in [6.45, 7) is 2.22. The molecule has 0 aliphatic heterocycles. The lowest BCUT2D eigenvalue weighted by molar-refractivity contribution is 0.304. The van der Waals surface area contributed by atoms with Gasteiger partial charge in [-0.2, -0.15) is 0 Å². The van der Waals surface area contributed by atoms with E-state index in [2.05, 4.69) is 6.92 Å². The van der Waals surface area contributed by atoms with Crippen LogP contribution in [0, 0.1) is 23.4 Å². The lowest BCUT2D eigenvalue weighted by Gasteiger charge is -2.29. The van der Waals surface area contributed by atoms with Crippen LogP contribution >= 0.6 is 0 Å². The predicted molar refractivity (Wildman–Crippen MR) is 115 cm³/mol. The van der Waals surface area contributed by atoms with Crippen LogP contribution in [0.25, 0.3) is 21.9 Å². The molecule has 0 atom stereocenters. The first-order valence-electron chi connectivity index (χ1n) is 10.9. The first-order chi connectivity index (χ1) is 14.5. The van der Waals surface area contributed by atoms with Gasteiger partial charge < -0.3 is 5.11 Å². The Morgan fingerprint density at radius 3 is 2.37 bits per heavy atom. The molecule has 1 nitrogen and oxygen atoms in total. The minimum atomic E-state index is -0.998. The van der Waals surface area contributed by atoms with Crippen LogP contribution in [0.15, 0.2) is 42.5 Å². The molecular weight excluding hydrogens is 385 g/mol. The fraction of sp³-hybridized carbons (Fsp3) is 0.385. The Kier molecular flexibility index (Phi) is 6.03. The number of aromatic hydroxyl groups is 1. The van der Waals surface area contributed by atoms with Crippen LogP contribution in [-0.2, 0) is 0 Å². The molecule has 0 aromatic heterocycles. The van der Waals surface area contributed by atoms with E-state index in [4.69, 9.17) is 0 Å². The van der Waals surface area contributed by atoms with E-state index in [1.807, 2.05) is 6.07 Å². The number of hydrogen-bond acceptors (Lipinski definition) is 1. The molecule has 1 aliphatic rings. The second-order valence-electron chi connectivity index (χ2n) is 8.55. The smallest absolute Gasteiger partial charge is 0.175 e. The number of fused-ring (bicyclic) bond motifs is 1. The molecule has 0 unspecified atom stereocenters. The van der Waals surface area contributed by atoms with Crippen LogP contribution in [0.2, 0.25) is 0 Å². The molecule has 30 heavy (non-hydrogen) atoms. The number of hydrogen-bond donors (Lipinski definition) is 1. The monoisotopic (exact) mass is 412 g/mol. The average molecular weight is 412 g/mol. The van der Waals surface area contributed by atoms with Crippen molar-refractivity contribution in [3.05, 3.63) is 65.5 Å². The van der Waals surface area contributed by atoms with Crippen molar-refractivity contribution < 1.29 is 18.3 Å². The zero-order valence-electron chi connectivity index (χ0n) is 17.2. The lowest BCUT2D eigenvalue weighted by atomic mass is 9.77. The fourth-order valence-corrected chi connectivity index (χ4v) is 4.81. The zero-order chi connectivity index (χ0) is 21.3. The molecule has 0 heterocycles. The zero-order valence-corrected chi connectivity index (χ0v) is 17.2. The van der Waals surface area contributed by atoms with Crippen molar-refractivity contribution in [3.63, 3.8) is 0 Å². The van der Waals surface area contributed by atoms with Gasteiger partial charge in [-0.05, 0) is 78.3 Å². The second-order valence-corrected chi connectivity index (χ2v) is 8.55. The van der Waals surface area contributed by atoms with Crippen LogP contribution < -0.4 is 0 Å². The van der Waals surface area contributed by atoms with Gasteiger partial charge in [-0.15, -0.1) is 0 Å². The number of phenols is 1. The summed E-state index contributed by atoms with van der Waals surface area (Å²) in [6.07, 6.45) is 8.37. The third kappa shape index (κ3) is 4.05. The average Bonchev–Trinajstić information content (AvgIpc) is 2.75. The van der Waals surface area contributed by atoms with Gasteiger partial charge in [-0.3, -0.25) is 0 Å². The van der Waals surface area contributed by atoms with E-state index in [-0.39, 0.29) is 10.8 Å². The molecule has 0 spiro atoms. The van der Waals surface area contributed by atoms with E-state index in [1.54, 1.807) is 18.2 Å². The highest BCUT2D eigenvalue weighted by molar-refractivity contribution is 5.89. The predicted octanol–water partition coefficient (Wildman–Crippen LogP) is 8.09. The molecule has 4 rings (SSSR count). The van der Waals surface area contributed by atoms with Gasteiger partial charge in [0, 0.05) is 5.56 Å². The van der Waals surface area contributed by atoms with Gasteiger partial charge in [0.15, 0.2) is 11.6 Å². The summed E-state index contributed by atoms with van der Waals surface area (Å²) in [4.78, 5) is 0. The van der Waals surface area contributed by atoms with Crippen LogP contribution in [0.4, 0.5) is 13.2 Å². The van der Waals surface area contributed by atoms with Crippen molar-refractivity contribution in [2.24, 2.45) is 5.92 Å². The van der Waals surface area contributed by atoms with E-state index in [1.165, 1.54) is 44.2 Å². The van der Waals surface area contributed by atoms with Crippen LogP contribution in [-0.4, -0.2) is 5.11 Å². The molecule has 158 valence electrons. The Balaban J connectivity index is 1.58. The quantitative estimate of drug-likeness (QED) is 0.449. The molecule has 1 saturated carbocycles. The van der Waals surface area contributed by atoms with Crippen LogP contribution in [0.3, 0.4) is 0 Å². The summed E-state index contributed by atoms with van der Waals surface area (Å²) >= 11 is 0. The van der Waals surface area contributed by atoms with E-state index < -0.39 is 23.2 Å². The van der Waals surface area contributed by atoms with Crippen molar-refractivity contribution in [2.75, 3.05) is 0 Å². The Hall–Kier alpha value is -2.49. The number of rotatable bonds is 5. The van der Waals surface area contributed by atoms with Crippen molar-refractivity contribution in [1.82, 2.24) is 0 Å². The molecule has 0 radical (unpaired) electrons. The standard InChI is InChI=1S/C26H27F3O/c1-2-3-4-16-5-7-17(8-6-16)18-9-11-21(22(27)14-18)20-13-19-10-12-24(30)26(29)25(19)23(28)15-20/h9-17,30H,2-8H2,1H3. The number of unbranched alkanes of at least 4 members (excludes halogenated alkanes) is 1. The topological polar surface area (TPSA) is 20.2 Å². The molecular formula is C26H27F3O. The summed E-state index contributed by atoms with van der Waals surface area (Å²) in [7, 11) is 0. The summed E-state index contributed by atoms with van der Waals surface area (Å²) in [5.41, 5.74) is 1.66. The second kappa shape index (κ2) is 8.71. The minimum Gasteiger partial charge on any atom is -0.505 e. The number of halogens is 3. The molecule has 0 amide bonds. The molecule has 3 aromatic rings. The van der Waals surface area contributed by atoms with E-state index in [0.717, 1.165) is 30.4 Å². The third-order valence-electron chi connectivity index (χ3n) is 6.57. The lowest BCUT2D eigenvalue weighted by Crippen LogP contribution is -2.13. The molecule has 3 aromatic carbocycles. The van der Waals surface area contributed by atoms with Crippen LogP contribution in [0.1, 0.15) is 63.4 Å². The molecule has 4 heteroatoms. The van der Waals surface area contributed by atoms with Crippen molar-refractivity contribution in [1.29, 1.82) is 0 Å². The van der Waals surface area contributed by atoms with E-state index in [0.29, 0.717) is 17.0 Å². The SMILES string of the molecule is CCCCC1CCC(c2ccc(-c3cc(F)c4c(F)c(O)ccc4c3)c(F)c2)CC1. The molecule has 1 N–H and O–H groups in total. The van der Waals surface area contributed by atoms with Crippen molar-refractivity contribution >= 4 is 10.8 Å². The maximum atomic E-state index is 15.0. The highest BCUT2D eigenvalue weighted by Gasteiger charge is 2.23. The molecule has 1 aliphatic carbocycles. The van der Waals surface area contributed by atoms with Gasteiger partial charge >= 0.3 is 0 Å². The Morgan fingerprint density at radius 2 is 1.67 bits per heavy atom. The van der Waals surface area contributed by atoms with Crippen LogP contribution in [0.5, 0.6) is 5.75 Å². The minimum absolute atomic E-state index is 0.282. The summed E-state index contributed by atoms with van der Waals surface area (Å²) in [5, 5.41) is 9.49. The molecule has 0 bridgehead atoms. The Bertz CT molecular complexity index is 1050. The van der Waals surface area contributed by atoms with Gasteiger partial charge in [-0.25, -0.2) is 13.2 Å². The van der Waals surface area contributed by atoms with Gasteiger partial charge in [-0.1, -0.05) is 44.4 Å². The highest BCUT2D eigenvalue weighted by atomic mass is 19.1. The highest BCUT2D eigenvalue weighted by Crippen LogP contribution is 2.39. The third-order valence-corrected chi connectivity index (χ3v) is 6.57. The van der Waals surface area contributed by atoms with Gasteiger partial charge in [0.25, 0.3) is 0 Å². The van der Waals surface area contributed by atoms with Gasteiger partial charge in [0.1, 0.15) is 11.6 Å².